The summed E-state index contributed by atoms with van der Waals surface area (Å²) in [6.07, 6.45) is 0. The van der Waals surface area contributed by atoms with E-state index in [1.165, 1.54) is 0 Å². The van der Waals surface area contributed by atoms with Gasteiger partial charge >= 0.3 is 73.6 Å². The zero-order chi connectivity index (χ0) is 5.91. The van der Waals surface area contributed by atoms with Crippen molar-refractivity contribution in [2.45, 2.75) is 0 Å². The fraction of sp³-hybridized carbons (Fsp3) is 1.00. The fourth-order valence-electron chi connectivity index (χ4n) is 0.0745. The van der Waals surface area contributed by atoms with E-state index in [0.717, 1.165) is 14.2 Å². The van der Waals surface area contributed by atoms with Gasteiger partial charge in [0, 0.05) is 0 Å². The topological polar surface area (TPSA) is 248 Å². The minimum Gasteiger partial charge on any atom is -0.412 e. The molecule has 10 nitrogen and oxygen atoms in total. The van der Waals surface area contributed by atoms with E-state index in [9.17, 15) is 7.84 Å². The first-order valence-electron chi connectivity index (χ1n) is 1.55. The second kappa shape index (κ2) is 29.2. The first-order valence-corrected chi connectivity index (χ1v) is 4.61. The Bertz CT molecular complexity index is 90.1. The fourth-order valence-corrected chi connectivity index (χ4v) is 0.387. The first-order chi connectivity index (χ1) is 3.12. The molecule has 14 heavy (non-hydrogen) atoms. The molecule has 0 aliphatic rings. The Kier molecular flexibility index (Phi) is 125. The average Bonchev–Trinajstić information content (AvgIpc) is 1.68. The van der Waals surface area contributed by atoms with Crippen LogP contribution in [0.15, 0.2) is 0 Å². The van der Waals surface area contributed by atoms with Crippen LogP contribution >= 0.6 is 0 Å². The van der Waals surface area contributed by atoms with Crippen LogP contribution in [0.3, 0.4) is 0 Å². The van der Waals surface area contributed by atoms with Crippen molar-refractivity contribution in [3.8, 4) is 0 Å². The Morgan fingerprint density at radius 3 is 1.00 bits per heavy atom. The molecule has 0 unspecified atom stereocenters. The van der Waals surface area contributed by atoms with Crippen molar-refractivity contribution in [1.29, 1.82) is 0 Å². The van der Waals surface area contributed by atoms with Crippen LogP contribution < -0.4 is 33.7 Å². The van der Waals surface area contributed by atoms with Gasteiger partial charge in [0.15, 0.2) is 0 Å². The molecule has 0 aliphatic heterocycles. The summed E-state index contributed by atoms with van der Waals surface area (Å²) in [6.45, 7) is 0. The monoisotopic (exact) mass is 300 g/mol. The quantitative estimate of drug-likeness (QED) is 0.450. The van der Waals surface area contributed by atoms with E-state index >= 15 is 0 Å². The van der Waals surface area contributed by atoms with Crippen LogP contribution in [0, 0.1) is 0 Å². The molecule has 0 aliphatic carbocycles. The molecule has 0 aromatic rings. The largest absolute Gasteiger partial charge is 1.00 e. The smallest absolute Gasteiger partial charge is 0.412 e. The molecule has 0 saturated heterocycles. The molecule has 12 heteroatoms. The predicted molar refractivity (Wildman–Crippen MR) is 42.1 cm³/mol. The van der Waals surface area contributed by atoms with Gasteiger partial charge in [-0.2, -0.15) is 0 Å². The van der Waals surface area contributed by atoms with Crippen LogP contribution in [-0.4, -0.2) is 61.6 Å². The summed E-state index contributed by atoms with van der Waals surface area (Å²) < 4.78 is 27.9. The summed E-state index contributed by atoms with van der Waals surface area (Å²) in [5, 5.41) is 0. The molecule has 0 aromatic heterocycles. The summed E-state index contributed by atoms with van der Waals surface area (Å²) in [5.74, 6) is 0. The molecule has 0 aromatic carbocycles. The average molecular weight is 300 g/mol. The van der Waals surface area contributed by atoms with E-state index in [0.29, 0.717) is 0 Å². The van der Waals surface area contributed by atoms with E-state index in [2.05, 4.69) is 7.45 Å². The maximum absolute atomic E-state index is 10.0. The molecule has 0 fully saturated rings. The van der Waals surface area contributed by atoms with Crippen LogP contribution in [-0.2, 0) is 11.2 Å². The Hall–Kier alpha value is 0.998. The zero-order valence-electron chi connectivity index (χ0n) is 8.08. The summed E-state index contributed by atoms with van der Waals surface area (Å²) in [7, 11) is 2.13. The van der Waals surface area contributed by atoms with E-state index in [-0.39, 0.29) is 62.4 Å². The maximum Gasteiger partial charge on any atom is 1.00 e. The molecule has 12 N–H and O–H groups in total. The van der Waals surface area contributed by atoms with Crippen molar-refractivity contribution in [3.05, 3.63) is 0 Å². The van der Waals surface area contributed by atoms with Crippen LogP contribution in [0.25, 0.3) is 0 Å². The standard InChI is InChI=1S/C2H7AsO4.Na.6H2O/c1-6-3(4,5)7-2;;;;;;;/h1-2H3,(H,4,5);;6*1H2/q;+1;;;;;;/p-1. The number of hydrogen-bond donors (Lipinski definition) is 0. The third-order valence-electron chi connectivity index (χ3n) is 0.447. The van der Waals surface area contributed by atoms with Crippen LogP contribution in [0.5, 0.6) is 0 Å². The van der Waals surface area contributed by atoms with Gasteiger partial charge in [0.25, 0.3) is 0 Å². The second-order valence-corrected chi connectivity index (χ2v) is 4.22. The van der Waals surface area contributed by atoms with Gasteiger partial charge in [-0.25, -0.2) is 0 Å². The molecule has 0 bridgehead atoms. The third-order valence-corrected chi connectivity index (χ3v) is 2.32. The van der Waals surface area contributed by atoms with Crippen LogP contribution in [0.4, 0.5) is 0 Å². The van der Waals surface area contributed by atoms with Crippen molar-refractivity contribution in [1.82, 2.24) is 0 Å². The van der Waals surface area contributed by atoms with Crippen LogP contribution in [0.2, 0.25) is 0 Å². The van der Waals surface area contributed by atoms with Crippen molar-refractivity contribution in [3.63, 3.8) is 0 Å². The maximum atomic E-state index is 10.0. The molecular weight excluding hydrogens is 282 g/mol. The molecule has 0 amide bonds. The van der Waals surface area contributed by atoms with Crippen molar-refractivity contribution in [2.24, 2.45) is 0 Å². The van der Waals surface area contributed by atoms with Crippen molar-refractivity contribution in [2.75, 3.05) is 14.2 Å². The van der Waals surface area contributed by atoms with Gasteiger partial charge in [-0.05, 0) is 0 Å². The van der Waals surface area contributed by atoms with Gasteiger partial charge in [0.05, 0.1) is 0 Å². The van der Waals surface area contributed by atoms with E-state index in [1.807, 2.05) is 0 Å². The summed E-state index contributed by atoms with van der Waals surface area (Å²) in [4.78, 5) is 0. The van der Waals surface area contributed by atoms with Crippen molar-refractivity contribution >= 4 is 14.5 Å². The van der Waals surface area contributed by atoms with Gasteiger partial charge in [-0.15, -0.1) is 0 Å². The van der Waals surface area contributed by atoms with Crippen molar-refractivity contribution < 1.29 is 77.7 Å². The SMILES string of the molecule is CO[As](=O)([O-])OC.O.O.O.O.O.O.[Na+]. The summed E-state index contributed by atoms with van der Waals surface area (Å²) in [5.41, 5.74) is 0. The van der Waals surface area contributed by atoms with Gasteiger partial charge in [-0.3, -0.25) is 0 Å². The Labute approximate surface area is 106 Å². The summed E-state index contributed by atoms with van der Waals surface area (Å²) >= 11 is -4.44. The Morgan fingerprint density at radius 1 is 0.857 bits per heavy atom. The Balaban J connectivity index is -0.00000000857. The van der Waals surface area contributed by atoms with E-state index in [4.69, 9.17) is 0 Å². The van der Waals surface area contributed by atoms with Gasteiger partial charge in [0.2, 0.25) is 0 Å². The molecule has 0 atom stereocenters. The van der Waals surface area contributed by atoms with Gasteiger partial charge in [0.1, 0.15) is 0 Å². The van der Waals surface area contributed by atoms with Crippen LogP contribution in [0.1, 0.15) is 0 Å². The molecule has 0 saturated carbocycles. The van der Waals surface area contributed by atoms with E-state index in [1.54, 1.807) is 0 Å². The minimum absolute atomic E-state index is 0. The second-order valence-electron chi connectivity index (χ2n) is 0.812. The van der Waals surface area contributed by atoms with Gasteiger partial charge < -0.3 is 32.9 Å². The van der Waals surface area contributed by atoms with E-state index < -0.39 is 14.5 Å². The summed E-state index contributed by atoms with van der Waals surface area (Å²) in [6, 6.07) is 0. The zero-order valence-corrected chi connectivity index (χ0v) is 12.0. The first kappa shape index (κ1) is 60.0. The number of hydrogen-bond acceptors (Lipinski definition) is 4. The molecule has 0 rings (SSSR count). The normalized spacial score (nSPS) is 5.93. The molecule has 0 spiro atoms. The number of rotatable bonds is 2. The molecule has 0 radical (unpaired) electrons. The van der Waals surface area contributed by atoms with Gasteiger partial charge in [-0.1, -0.05) is 0 Å². The Morgan fingerprint density at radius 2 is 1.00 bits per heavy atom. The molecule has 0 heterocycles. The third kappa shape index (κ3) is 38.2. The molecule has 92 valence electrons. The minimum atomic E-state index is -4.44. The molecular formula is C2H18AsNaO10. The predicted octanol–water partition coefficient (Wildman–Crippen LogP) is -9.44.